The predicted octanol–water partition coefficient (Wildman–Crippen LogP) is 5.31. The van der Waals surface area contributed by atoms with Crippen LogP contribution in [0.25, 0.3) is 0 Å². The fraction of sp³-hybridized carbons (Fsp3) is 0.933. The minimum atomic E-state index is -0.275. The van der Waals surface area contributed by atoms with Crippen LogP contribution in [0.5, 0.6) is 0 Å². The molecule has 3 fully saturated rings. The zero-order valence-electron chi connectivity index (χ0n) is 22.9. The molecule has 4 N–H and O–H groups in total. The molecule has 4 rings (SSSR count). The lowest BCUT2D eigenvalue weighted by atomic mass is 9.38. The molecule has 0 radical (unpaired) electrons. The van der Waals surface area contributed by atoms with Crippen LogP contribution in [0.3, 0.4) is 0 Å². The fourth-order valence-electron chi connectivity index (χ4n) is 9.74. The van der Waals surface area contributed by atoms with E-state index in [0.717, 1.165) is 45.2 Å². The Balaban J connectivity index is 1.55. The molecule has 0 aromatic heterocycles. The van der Waals surface area contributed by atoms with Crippen molar-refractivity contribution in [3.63, 3.8) is 0 Å². The Morgan fingerprint density at radius 2 is 1.68 bits per heavy atom. The topological polar surface area (TPSA) is 72.7 Å². The summed E-state index contributed by atoms with van der Waals surface area (Å²) in [6.07, 6.45) is 11.6. The van der Waals surface area contributed by atoms with E-state index in [9.17, 15) is 10.2 Å². The van der Waals surface area contributed by atoms with Crippen molar-refractivity contribution in [2.45, 2.75) is 112 Å². The predicted molar refractivity (Wildman–Crippen MR) is 139 cm³/mol. The van der Waals surface area contributed by atoms with Crippen molar-refractivity contribution >= 4 is 0 Å². The highest BCUT2D eigenvalue weighted by atomic mass is 16.3. The van der Waals surface area contributed by atoms with Gasteiger partial charge < -0.3 is 20.6 Å². The Labute approximate surface area is 209 Å². The van der Waals surface area contributed by atoms with Gasteiger partial charge in [-0.3, -0.25) is 0 Å². The van der Waals surface area contributed by atoms with E-state index in [1.807, 2.05) is 0 Å². The molecule has 196 valence electrons. The number of hydrogen-bond donors (Lipinski definition) is 4. The van der Waals surface area contributed by atoms with Crippen molar-refractivity contribution in [3.8, 4) is 0 Å². The lowest BCUT2D eigenvalue weighted by Crippen LogP contribution is -2.64. The van der Waals surface area contributed by atoms with Crippen LogP contribution in [-0.2, 0) is 0 Å². The second kappa shape index (κ2) is 9.47. The first-order chi connectivity index (χ1) is 15.9. The first kappa shape index (κ1) is 26.6. The van der Waals surface area contributed by atoms with Gasteiger partial charge in [0.1, 0.15) is 0 Å². The maximum absolute atomic E-state index is 11.9. The van der Waals surface area contributed by atoms with Gasteiger partial charge in [-0.2, -0.15) is 0 Å². The number of fused-ring (bicyclic) bond motifs is 5. The van der Waals surface area contributed by atoms with Crippen molar-refractivity contribution in [1.82, 2.24) is 5.32 Å². The largest absolute Gasteiger partial charge is 0.396 e. The highest BCUT2D eigenvalue weighted by Gasteiger charge is 2.70. The molecule has 4 nitrogen and oxygen atoms in total. The summed E-state index contributed by atoms with van der Waals surface area (Å²) in [5.74, 6) is 2.24. The van der Waals surface area contributed by atoms with E-state index in [4.69, 9.17) is 5.11 Å². The Kier molecular flexibility index (Phi) is 7.42. The zero-order chi connectivity index (χ0) is 24.9. The molecule has 0 heterocycles. The van der Waals surface area contributed by atoms with Crippen molar-refractivity contribution in [2.24, 2.45) is 45.3 Å². The first-order valence-electron chi connectivity index (χ1n) is 14.3. The van der Waals surface area contributed by atoms with E-state index < -0.39 is 0 Å². The van der Waals surface area contributed by atoms with E-state index >= 15 is 0 Å². The quantitative estimate of drug-likeness (QED) is 0.283. The molecule has 0 spiro atoms. The maximum atomic E-state index is 11.9. The Bertz CT molecular complexity index is 764. The first-order valence-corrected chi connectivity index (χ1v) is 14.3. The summed E-state index contributed by atoms with van der Waals surface area (Å²) in [7, 11) is 0. The van der Waals surface area contributed by atoms with Crippen LogP contribution in [0.15, 0.2) is 11.6 Å². The van der Waals surface area contributed by atoms with Crippen LogP contribution >= 0.6 is 0 Å². The molecule has 0 aromatic rings. The molecule has 3 saturated carbocycles. The van der Waals surface area contributed by atoms with Gasteiger partial charge in [0.2, 0.25) is 0 Å². The highest BCUT2D eigenvalue weighted by molar-refractivity contribution is 5.31. The van der Waals surface area contributed by atoms with E-state index in [2.05, 4.69) is 52.9 Å². The molecular weight excluding hydrogens is 422 g/mol. The summed E-state index contributed by atoms with van der Waals surface area (Å²) in [5, 5.41) is 35.1. The van der Waals surface area contributed by atoms with Gasteiger partial charge in [-0.15, -0.1) is 0 Å². The number of hydrogen-bond acceptors (Lipinski definition) is 4. The minimum Gasteiger partial charge on any atom is -0.396 e. The van der Waals surface area contributed by atoms with Gasteiger partial charge in [-0.1, -0.05) is 53.2 Å². The number of aliphatic hydroxyl groups is 3. The molecule has 4 aliphatic carbocycles. The Hall–Kier alpha value is -0.420. The number of rotatable bonds is 8. The van der Waals surface area contributed by atoms with Crippen molar-refractivity contribution in [2.75, 3.05) is 19.7 Å². The van der Waals surface area contributed by atoms with Crippen LogP contribution in [0.2, 0.25) is 0 Å². The molecule has 0 bridgehead atoms. The molecule has 0 amide bonds. The lowest BCUT2D eigenvalue weighted by molar-refractivity contribution is -0.204. The highest BCUT2D eigenvalue weighted by Crippen LogP contribution is 2.74. The second-order valence-corrected chi connectivity index (χ2v) is 13.8. The standard InChI is InChI=1S/C30H53NO3/c1-20(9-7-16-31-17-8-18-32)21-14-15-28(4)24-12-10-22-23(11-13-25(33)27(22,2)3)30(24,6)26(34)19-29(21,28)5/h10,20-21,23-26,31-34H,7-9,11-19H2,1-6H3/t20-,21-,23-,24+,25+,26-,28+,29-,30+/m1/s1. The summed E-state index contributed by atoms with van der Waals surface area (Å²) in [5.41, 5.74) is 1.57. The van der Waals surface area contributed by atoms with Crippen molar-refractivity contribution in [1.29, 1.82) is 0 Å². The van der Waals surface area contributed by atoms with Crippen molar-refractivity contribution < 1.29 is 15.3 Å². The molecule has 4 aliphatic rings. The molecular formula is C30H53NO3. The van der Waals surface area contributed by atoms with Crippen LogP contribution < -0.4 is 5.32 Å². The van der Waals surface area contributed by atoms with Crippen LogP contribution in [0.4, 0.5) is 0 Å². The summed E-state index contributed by atoms with van der Waals surface area (Å²) < 4.78 is 0. The average molecular weight is 476 g/mol. The molecule has 34 heavy (non-hydrogen) atoms. The molecule has 0 aliphatic heterocycles. The van der Waals surface area contributed by atoms with Gasteiger partial charge in [0, 0.05) is 17.4 Å². The smallest absolute Gasteiger partial charge is 0.0628 e. The van der Waals surface area contributed by atoms with Gasteiger partial charge in [-0.25, -0.2) is 0 Å². The minimum absolute atomic E-state index is 0.0928. The van der Waals surface area contributed by atoms with Gasteiger partial charge >= 0.3 is 0 Å². The van der Waals surface area contributed by atoms with Gasteiger partial charge in [0.15, 0.2) is 0 Å². The molecule has 9 atom stereocenters. The number of allylic oxidation sites excluding steroid dienone is 1. The second-order valence-electron chi connectivity index (χ2n) is 13.8. The van der Waals surface area contributed by atoms with E-state index in [-0.39, 0.29) is 40.5 Å². The number of nitrogens with one attached hydrogen (secondary N) is 1. The third-order valence-corrected chi connectivity index (χ3v) is 12.2. The Morgan fingerprint density at radius 1 is 0.971 bits per heavy atom. The van der Waals surface area contributed by atoms with Crippen LogP contribution in [0.1, 0.15) is 99.3 Å². The van der Waals surface area contributed by atoms with E-state index in [1.165, 1.54) is 31.3 Å². The van der Waals surface area contributed by atoms with E-state index in [1.54, 1.807) is 0 Å². The summed E-state index contributed by atoms with van der Waals surface area (Å²) in [6, 6.07) is 0. The van der Waals surface area contributed by atoms with Crippen molar-refractivity contribution in [3.05, 3.63) is 11.6 Å². The van der Waals surface area contributed by atoms with Gasteiger partial charge in [0.25, 0.3) is 0 Å². The van der Waals surface area contributed by atoms with Crippen LogP contribution in [-0.4, -0.2) is 47.2 Å². The molecule has 0 aromatic carbocycles. The van der Waals surface area contributed by atoms with Gasteiger partial charge in [-0.05, 0) is 105 Å². The normalized spacial score (nSPS) is 46.3. The average Bonchev–Trinajstić information content (AvgIpc) is 3.04. The van der Waals surface area contributed by atoms with Gasteiger partial charge in [0.05, 0.1) is 12.2 Å². The Morgan fingerprint density at radius 3 is 2.38 bits per heavy atom. The third kappa shape index (κ3) is 3.85. The monoisotopic (exact) mass is 475 g/mol. The number of aliphatic hydroxyl groups excluding tert-OH is 3. The maximum Gasteiger partial charge on any atom is 0.0628 e. The van der Waals surface area contributed by atoms with E-state index in [0.29, 0.717) is 23.7 Å². The molecule has 0 saturated heterocycles. The zero-order valence-corrected chi connectivity index (χ0v) is 22.9. The molecule has 4 heteroatoms. The SMILES string of the molecule is C[C@H](CCCNCCCO)[C@H]1CC[C@@]2(C)[C@@H]3CC=C4[C@@H](CC[C@H](O)C4(C)C)[C@]3(C)[C@H](O)C[C@]12C. The summed E-state index contributed by atoms with van der Waals surface area (Å²) in [6.45, 7) is 16.6. The third-order valence-electron chi connectivity index (χ3n) is 12.2. The lowest BCUT2D eigenvalue weighted by Gasteiger charge is -2.67. The molecule has 0 unspecified atom stereocenters. The summed E-state index contributed by atoms with van der Waals surface area (Å²) in [4.78, 5) is 0. The van der Waals surface area contributed by atoms with Crippen LogP contribution in [0, 0.1) is 45.3 Å². The fourth-order valence-corrected chi connectivity index (χ4v) is 9.74. The summed E-state index contributed by atoms with van der Waals surface area (Å²) >= 11 is 0.